The lowest BCUT2D eigenvalue weighted by molar-refractivity contribution is 0.113. The van der Waals surface area contributed by atoms with Crippen LogP contribution in [-0.4, -0.2) is 35.5 Å². The van der Waals surface area contributed by atoms with Gasteiger partial charge < -0.3 is 15.5 Å². The van der Waals surface area contributed by atoms with Gasteiger partial charge in [0.25, 0.3) is 0 Å². The van der Waals surface area contributed by atoms with E-state index in [-0.39, 0.29) is 17.6 Å². The third-order valence-electron chi connectivity index (χ3n) is 1.67. The average Bonchev–Trinajstić information content (AvgIpc) is 1.81. The molecule has 0 aliphatic carbocycles. The summed E-state index contributed by atoms with van der Waals surface area (Å²) >= 11 is 0. The van der Waals surface area contributed by atoms with Crippen LogP contribution in [0.25, 0.3) is 0 Å². The minimum absolute atomic E-state index is 0.159. The molecule has 0 heterocycles. The molecule has 13 heavy (non-hydrogen) atoms. The highest BCUT2D eigenvalue weighted by atomic mass is 16.3. The van der Waals surface area contributed by atoms with E-state index in [9.17, 15) is 5.11 Å². The molecule has 0 saturated carbocycles. The number of aliphatic hydroxyl groups is 2. The lowest BCUT2D eigenvalue weighted by atomic mass is 9.89. The summed E-state index contributed by atoms with van der Waals surface area (Å²) in [6, 6.07) is 0. The number of aliphatic hydroxyl groups excluding tert-OH is 2. The van der Waals surface area contributed by atoms with Crippen molar-refractivity contribution in [3.8, 4) is 0 Å². The quantitative estimate of drug-likeness (QED) is 0.598. The van der Waals surface area contributed by atoms with E-state index in [1.807, 2.05) is 0 Å². The molecule has 80 valence electrons. The standard InChI is InChI=1S/C10H23NO2/c1-8(12)6-11-7-9(13)5-10(2,3)4/h8-9,11-13H,5-7H2,1-4H3/t8-,9?/m1/s1. The van der Waals surface area contributed by atoms with Crippen LogP contribution in [0, 0.1) is 5.41 Å². The smallest absolute Gasteiger partial charge is 0.0669 e. The van der Waals surface area contributed by atoms with Crippen molar-refractivity contribution in [3.05, 3.63) is 0 Å². The Balaban J connectivity index is 3.46. The highest BCUT2D eigenvalue weighted by Crippen LogP contribution is 2.20. The van der Waals surface area contributed by atoms with Gasteiger partial charge in [0, 0.05) is 13.1 Å². The summed E-state index contributed by atoms with van der Waals surface area (Å²) in [7, 11) is 0. The summed E-state index contributed by atoms with van der Waals surface area (Å²) in [6.45, 7) is 9.13. The molecule has 0 spiro atoms. The lowest BCUT2D eigenvalue weighted by Gasteiger charge is -2.22. The van der Waals surface area contributed by atoms with E-state index < -0.39 is 0 Å². The molecular formula is C10H23NO2. The van der Waals surface area contributed by atoms with Crippen LogP contribution in [0.15, 0.2) is 0 Å². The molecule has 0 saturated heterocycles. The van der Waals surface area contributed by atoms with Crippen LogP contribution >= 0.6 is 0 Å². The Hall–Kier alpha value is -0.120. The zero-order chi connectivity index (χ0) is 10.5. The molecule has 0 aliphatic heterocycles. The summed E-state index contributed by atoms with van der Waals surface area (Å²) in [5.74, 6) is 0. The molecule has 3 heteroatoms. The van der Waals surface area contributed by atoms with E-state index in [2.05, 4.69) is 26.1 Å². The maximum Gasteiger partial charge on any atom is 0.0669 e. The molecule has 3 nitrogen and oxygen atoms in total. The maximum absolute atomic E-state index is 9.55. The van der Waals surface area contributed by atoms with Crippen LogP contribution in [0.1, 0.15) is 34.1 Å². The van der Waals surface area contributed by atoms with Gasteiger partial charge in [0.05, 0.1) is 12.2 Å². The van der Waals surface area contributed by atoms with Gasteiger partial charge in [-0.05, 0) is 18.8 Å². The van der Waals surface area contributed by atoms with E-state index in [0.29, 0.717) is 13.1 Å². The number of hydrogen-bond donors (Lipinski definition) is 3. The number of nitrogens with one attached hydrogen (secondary N) is 1. The first-order valence-corrected chi connectivity index (χ1v) is 4.88. The minimum atomic E-state index is -0.346. The van der Waals surface area contributed by atoms with E-state index >= 15 is 0 Å². The van der Waals surface area contributed by atoms with Gasteiger partial charge in [-0.1, -0.05) is 20.8 Å². The Morgan fingerprint density at radius 3 is 2.08 bits per heavy atom. The van der Waals surface area contributed by atoms with Crippen molar-refractivity contribution in [2.45, 2.75) is 46.3 Å². The maximum atomic E-state index is 9.55. The lowest BCUT2D eigenvalue weighted by Crippen LogP contribution is -2.33. The third-order valence-corrected chi connectivity index (χ3v) is 1.67. The van der Waals surface area contributed by atoms with Crippen LogP contribution in [0.5, 0.6) is 0 Å². The minimum Gasteiger partial charge on any atom is -0.392 e. The molecule has 0 radical (unpaired) electrons. The third kappa shape index (κ3) is 9.80. The molecule has 0 aromatic carbocycles. The fourth-order valence-electron chi connectivity index (χ4n) is 1.24. The van der Waals surface area contributed by atoms with Crippen LogP contribution in [-0.2, 0) is 0 Å². The second kappa shape index (κ2) is 5.58. The molecule has 1 unspecified atom stereocenters. The fourth-order valence-corrected chi connectivity index (χ4v) is 1.24. The summed E-state index contributed by atoms with van der Waals surface area (Å²) in [5, 5.41) is 21.5. The van der Waals surface area contributed by atoms with Crippen molar-refractivity contribution >= 4 is 0 Å². The van der Waals surface area contributed by atoms with Gasteiger partial charge in [-0.25, -0.2) is 0 Å². The topological polar surface area (TPSA) is 52.5 Å². The Morgan fingerprint density at radius 1 is 1.15 bits per heavy atom. The molecule has 0 bridgehead atoms. The monoisotopic (exact) mass is 189 g/mol. The van der Waals surface area contributed by atoms with Crippen molar-refractivity contribution in [1.29, 1.82) is 0 Å². The molecule has 0 fully saturated rings. The predicted molar refractivity (Wildman–Crippen MR) is 54.6 cm³/mol. The first-order chi connectivity index (χ1) is 5.81. The first-order valence-electron chi connectivity index (χ1n) is 4.88. The second-order valence-corrected chi connectivity index (χ2v) is 4.93. The normalized spacial score (nSPS) is 17.1. The zero-order valence-corrected chi connectivity index (χ0v) is 9.17. The number of hydrogen-bond acceptors (Lipinski definition) is 3. The first kappa shape index (κ1) is 12.9. The second-order valence-electron chi connectivity index (χ2n) is 4.93. The van der Waals surface area contributed by atoms with Crippen molar-refractivity contribution in [1.82, 2.24) is 5.32 Å². The molecule has 0 aliphatic rings. The molecule has 0 aromatic heterocycles. The van der Waals surface area contributed by atoms with Gasteiger partial charge in [0.2, 0.25) is 0 Å². The molecular weight excluding hydrogens is 166 g/mol. The van der Waals surface area contributed by atoms with Crippen molar-refractivity contribution < 1.29 is 10.2 Å². The predicted octanol–water partition coefficient (Wildman–Crippen LogP) is 0.754. The zero-order valence-electron chi connectivity index (χ0n) is 9.17. The van der Waals surface area contributed by atoms with Crippen LogP contribution in [0.2, 0.25) is 0 Å². The average molecular weight is 189 g/mol. The largest absolute Gasteiger partial charge is 0.392 e. The summed E-state index contributed by atoms with van der Waals surface area (Å²) < 4.78 is 0. The highest BCUT2D eigenvalue weighted by Gasteiger charge is 2.16. The van der Waals surface area contributed by atoms with Gasteiger partial charge in [-0.2, -0.15) is 0 Å². The van der Waals surface area contributed by atoms with E-state index in [4.69, 9.17) is 5.11 Å². The van der Waals surface area contributed by atoms with Gasteiger partial charge in [-0.15, -0.1) is 0 Å². The molecule has 2 atom stereocenters. The number of rotatable bonds is 5. The molecule has 0 aromatic rings. The van der Waals surface area contributed by atoms with Gasteiger partial charge >= 0.3 is 0 Å². The highest BCUT2D eigenvalue weighted by molar-refractivity contribution is 4.70. The SMILES string of the molecule is C[C@@H](O)CNCC(O)CC(C)(C)C. The van der Waals surface area contributed by atoms with E-state index in [1.54, 1.807) is 6.92 Å². The Morgan fingerprint density at radius 2 is 1.69 bits per heavy atom. The van der Waals surface area contributed by atoms with Crippen LogP contribution < -0.4 is 5.32 Å². The van der Waals surface area contributed by atoms with Crippen molar-refractivity contribution in [2.24, 2.45) is 5.41 Å². The van der Waals surface area contributed by atoms with Gasteiger partial charge in [0.1, 0.15) is 0 Å². The van der Waals surface area contributed by atoms with Crippen molar-refractivity contribution in [3.63, 3.8) is 0 Å². The Labute approximate surface area is 81.2 Å². The van der Waals surface area contributed by atoms with Gasteiger partial charge in [0.15, 0.2) is 0 Å². The molecule has 3 N–H and O–H groups in total. The van der Waals surface area contributed by atoms with Crippen molar-refractivity contribution in [2.75, 3.05) is 13.1 Å². The summed E-state index contributed by atoms with van der Waals surface area (Å²) in [4.78, 5) is 0. The summed E-state index contributed by atoms with van der Waals surface area (Å²) in [6.07, 6.45) is 0.111. The molecule has 0 amide bonds. The van der Waals surface area contributed by atoms with E-state index in [1.165, 1.54) is 0 Å². The molecule has 0 rings (SSSR count). The van der Waals surface area contributed by atoms with Gasteiger partial charge in [-0.3, -0.25) is 0 Å². The fraction of sp³-hybridized carbons (Fsp3) is 1.00. The van der Waals surface area contributed by atoms with Crippen LogP contribution in [0.4, 0.5) is 0 Å². The van der Waals surface area contributed by atoms with Crippen LogP contribution in [0.3, 0.4) is 0 Å². The van der Waals surface area contributed by atoms with E-state index in [0.717, 1.165) is 6.42 Å². The Kier molecular flexibility index (Phi) is 5.53. The Bertz CT molecular complexity index is 129. The summed E-state index contributed by atoms with van der Waals surface area (Å²) in [5.41, 5.74) is 0.159.